The number of benzene rings is 1. The second kappa shape index (κ2) is 4.54. The first kappa shape index (κ1) is 14.8. The third-order valence-corrected chi connectivity index (χ3v) is 7.84. The zero-order chi connectivity index (χ0) is 16.7. The SMILES string of the molecule is CC12CCC3c4cc5c(cc4CCC3C1CCC2=O)OS(=O)(=O)N5. The highest BCUT2D eigenvalue weighted by atomic mass is 32.2. The zero-order valence-electron chi connectivity index (χ0n) is 13.7. The Morgan fingerprint density at radius 1 is 1.21 bits per heavy atom. The molecular weight excluding hydrogens is 326 g/mol. The normalized spacial score (nSPS) is 38.4. The number of ketones is 1. The first-order valence-electron chi connectivity index (χ1n) is 8.80. The molecule has 4 unspecified atom stereocenters. The van der Waals surface area contributed by atoms with Gasteiger partial charge in [-0.25, -0.2) is 4.72 Å². The largest absolute Gasteiger partial charge is 0.407 e. The van der Waals surface area contributed by atoms with Crippen molar-refractivity contribution in [3.05, 3.63) is 23.3 Å². The van der Waals surface area contributed by atoms with Crippen molar-refractivity contribution in [3.8, 4) is 5.75 Å². The van der Waals surface area contributed by atoms with E-state index in [1.807, 2.05) is 12.1 Å². The van der Waals surface area contributed by atoms with Gasteiger partial charge < -0.3 is 4.18 Å². The quantitative estimate of drug-likeness (QED) is 0.782. The van der Waals surface area contributed by atoms with Crippen LogP contribution in [-0.4, -0.2) is 14.2 Å². The molecule has 4 aliphatic rings. The van der Waals surface area contributed by atoms with Crippen molar-refractivity contribution in [2.24, 2.45) is 17.3 Å². The van der Waals surface area contributed by atoms with Crippen LogP contribution in [0.5, 0.6) is 5.75 Å². The number of anilines is 1. The van der Waals surface area contributed by atoms with Crippen LogP contribution in [0.4, 0.5) is 5.69 Å². The average molecular weight is 347 g/mol. The van der Waals surface area contributed by atoms with Gasteiger partial charge in [-0.3, -0.25) is 4.79 Å². The molecular formula is C18H21NO4S. The van der Waals surface area contributed by atoms with Crippen molar-refractivity contribution >= 4 is 21.8 Å². The lowest BCUT2D eigenvalue weighted by molar-refractivity contribution is -0.129. The van der Waals surface area contributed by atoms with E-state index >= 15 is 0 Å². The van der Waals surface area contributed by atoms with Crippen molar-refractivity contribution in [3.63, 3.8) is 0 Å². The maximum absolute atomic E-state index is 12.4. The minimum atomic E-state index is -3.69. The zero-order valence-corrected chi connectivity index (χ0v) is 14.5. The van der Waals surface area contributed by atoms with Crippen molar-refractivity contribution in [2.45, 2.75) is 51.4 Å². The van der Waals surface area contributed by atoms with Crippen LogP contribution in [0.25, 0.3) is 0 Å². The van der Waals surface area contributed by atoms with Gasteiger partial charge in [-0.05, 0) is 73.1 Å². The number of fused-ring (bicyclic) bond motifs is 6. The summed E-state index contributed by atoms with van der Waals surface area (Å²) in [5.41, 5.74) is 2.91. The Labute approximate surface area is 142 Å². The molecule has 0 saturated heterocycles. The van der Waals surface area contributed by atoms with Crippen LogP contribution in [0, 0.1) is 17.3 Å². The Hall–Kier alpha value is -1.56. The van der Waals surface area contributed by atoms with Crippen molar-refractivity contribution in [2.75, 3.05) is 4.72 Å². The summed E-state index contributed by atoms with van der Waals surface area (Å²) in [5, 5.41) is 0. The van der Waals surface area contributed by atoms with Gasteiger partial charge in [0.05, 0.1) is 5.69 Å². The molecule has 0 spiro atoms. The molecule has 128 valence electrons. The Kier molecular flexibility index (Phi) is 2.79. The monoisotopic (exact) mass is 347 g/mol. The number of hydrogen-bond donors (Lipinski definition) is 1. The van der Waals surface area contributed by atoms with Gasteiger partial charge in [0.1, 0.15) is 5.78 Å². The number of hydrogen-bond acceptors (Lipinski definition) is 4. The highest BCUT2D eigenvalue weighted by Crippen LogP contribution is 2.60. The predicted octanol–water partition coefficient (Wildman–Crippen LogP) is 3.16. The van der Waals surface area contributed by atoms with Gasteiger partial charge in [0, 0.05) is 11.8 Å². The fourth-order valence-corrected chi connectivity index (χ4v) is 6.64. The Balaban J connectivity index is 1.55. The summed E-state index contributed by atoms with van der Waals surface area (Å²) in [4.78, 5) is 12.4. The molecule has 1 aliphatic heterocycles. The van der Waals surface area contributed by atoms with E-state index < -0.39 is 10.3 Å². The second-order valence-electron chi connectivity index (χ2n) is 8.02. The lowest BCUT2D eigenvalue weighted by Crippen LogP contribution is -2.42. The molecule has 0 radical (unpaired) electrons. The van der Waals surface area contributed by atoms with Gasteiger partial charge in [0.15, 0.2) is 5.75 Å². The molecule has 5 nitrogen and oxygen atoms in total. The molecule has 6 heteroatoms. The second-order valence-corrected chi connectivity index (χ2v) is 9.30. The molecule has 3 aliphatic carbocycles. The summed E-state index contributed by atoms with van der Waals surface area (Å²) in [7, 11) is -3.69. The number of rotatable bonds is 0. The van der Waals surface area contributed by atoms with E-state index in [1.165, 1.54) is 11.1 Å². The van der Waals surface area contributed by atoms with E-state index in [0.717, 1.165) is 38.5 Å². The average Bonchev–Trinajstić information content (AvgIpc) is 2.99. The molecule has 2 fully saturated rings. The topological polar surface area (TPSA) is 72.5 Å². The Morgan fingerprint density at radius 2 is 2.04 bits per heavy atom. The minimum Gasteiger partial charge on any atom is -0.365 e. The van der Waals surface area contributed by atoms with E-state index in [-0.39, 0.29) is 5.41 Å². The lowest BCUT2D eigenvalue weighted by Gasteiger charge is -2.48. The summed E-state index contributed by atoms with van der Waals surface area (Å²) < 4.78 is 30.8. The van der Waals surface area contributed by atoms with E-state index in [9.17, 15) is 13.2 Å². The molecule has 0 bridgehead atoms. The molecule has 4 atom stereocenters. The maximum atomic E-state index is 12.4. The summed E-state index contributed by atoms with van der Waals surface area (Å²) in [6.45, 7) is 2.17. The molecule has 2 saturated carbocycles. The van der Waals surface area contributed by atoms with Crippen molar-refractivity contribution in [1.82, 2.24) is 0 Å². The summed E-state index contributed by atoms with van der Waals surface area (Å²) in [5.74, 6) is 2.33. The highest BCUT2D eigenvalue weighted by Gasteiger charge is 2.54. The van der Waals surface area contributed by atoms with Crippen LogP contribution in [0.2, 0.25) is 0 Å². The maximum Gasteiger partial charge on any atom is 0.407 e. The fraction of sp³-hybridized carbons (Fsp3) is 0.611. The van der Waals surface area contributed by atoms with E-state index in [2.05, 4.69) is 11.6 Å². The minimum absolute atomic E-state index is 0.125. The number of carbonyl (C=O) groups excluding carboxylic acids is 1. The number of Topliss-reactive ketones (excluding diaryl/α,β-unsaturated/α-hetero) is 1. The number of aryl methyl sites for hydroxylation is 1. The predicted molar refractivity (Wildman–Crippen MR) is 89.2 cm³/mol. The molecule has 1 N–H and O–H groups in total. The van der Waals surface area contributed by atoms with Gasteiger partial charge >= 0.3 is 10.3 Å². The van der Waals surface area contributed by atoms with Crippen LogP contribution in [0.1, 0.15) is 56.1 Å². The first-order chi connectivity index (χ1) is 11.4. The van der Waals surface area contributed by atoms with Gasteiger partial charge in [0.25, 0.3) is 0 Å². The third-order valence-electron chi connectivity index (χ3n) is 6.97. The van der Waals surface area contributed by atoms with E-state index in [4.69, 9.17) is 4.18 Å². The number of nitrogens with one attached hydrogen (secondary N) is 1. The molecule has 1 aromatic rings. The van der Waals surface area contributed by atoms with Gasteiger partial charge in [-0.2, -0.15) is 8.42 Å². The van der Waals surface area contributed by atoms with Gasteiger partial charge in [-0.1, -0.05) is 6.92 Å². The summed E-state index contributed by atoms with van der Waals surface area (Å²) in [6, 6.07) is 3.87. The van der Waals surface area contributed by atoms with E-state index in [0.29, 0.717) is 35.0 Å². The van der Waals surface area contributed by atoms with E-state index in [1.54, 1.807) is 0 Å². The van der Waals surface area contributed by atoms with Crippen molar-refractivity contribution < 1.29 is 17.4 Å². The smallest absolute Gasteiger partial charge is 0.365 e. The van der Waals surface area contributed by atoms with Crippen LogP contribution < -0.4 is 8.91 Å². The molecule has 5 rings (SSSR count). The van der Waals surface area contributed by atoms with Crippen LogP contribution >= 0.6 is 0 Å². The molecule has 0 aromatic heterocycles. The molecule has 1 aromatic carbocycles. The molecule has 1 heterocycles. The molecule has 24 heavy (non-hydrogen) atoms. The number of carbonyl (C=O) groups is 1. The Morgan fingerprint density at radius 3 is 2.88 bits per heavy atom. The van der Waals surface area contributed by atoms with Crippen LogP contribution in [0.15, 0.2) is 12.1 Å². The lowest BCUT2D eigenvalue weighted by atomic mass is 9.55. The fourth-order valence-electron chi connectivity index (χ4n) is 5.79. The van der Waals surface area contributed by atoms with Crippen LogP contribution in [-0.2, 0) is 21.5 Å². The summed E-state index contributed by atoms with van der Waals surface area (Å²) >= 11 is 0. The van der Waals surface area contributed by atoms with Crippen LogP contribution in [0.3, 0.4) is 0 Å². The van der Waals surface area contributed by atoms with Gasteiger partial charge in [0.2, 0.25) is 0 Å². The third kappa shape index (κ3) is 1.86. The standard InChI is InChI=1S/C18H21NO4S/c1-18-7-6-11-12(14(18)4-5-17(18)20)3-2-10-8-16-15(9-13(10)11)19-24(21,22)23-16/h8-9,11-12,14,19H,2-7H2,1H3. The Bertz CT molecular complexity index is 862. The highest BCUT2D eigenvalue weighted by molar-refractivity contribution is 7.88. The molecule has 0 amide bonds. The first-order valence-corrected chi connectivity index (χ1v) is 10.2. The van der Waals surface area contributed by atoms with Gasteiger partial charge in [-0.15, -0.1) is 0 Å². The van der Waals surface area contributed by atoms with Crippen molar-refractivity contribution in [1.29, 1.82) is 0 Å². The summed E-state index contributed by atoms with van der Waals surface area (Å²) in [6.07, 6.45) is 5.75.